The van der Waals surface area contributed by atoms with E-state index in [0.29, 0.717) is 10.2 Å². The summed E-state index contributed by atoms with van der Waals surface area (Å²) in [6.45, 7) is 1.40. The van der Waals surface area contributed by atoms with Crippen LogP contribution >= 0.6 is 15.9 Å². The largest absolute Gasteiger partial charge is 0.496 e. The second-order valence-corrected chi connectivity index (χ2v) is 6.23. The smallest absolute Gasteiger partial charge is 0.323 e. The molecule has 1 N–H and O–H groups in total. The summed E-state index contributed by atoms with van der Waals surface area (Å²) in [7, 11) is -1.13. The molecule has 19 heavy (non-hydrogen) atoms. The van der Waals surface area contributed by atoms with Gasteiger partial charge in [0.1, 0.15) is 11.8 Å². The van der Waals surface area contributed by atoms with E-state index < -0.39 is 22.0 Å². The number of sulfonamides is 1. The molecular weight excluding hydrogens is 338 g/mol. The molecule has 0 aliphatic carbocycles. The van der Waals surface area contributed by atoms with E-state index in [0.717, 1.165) is 0 Å². The average Bonchev–Trinajstić information content (AvgIpc) is 2.37. The fourth-order valence-corrected chi connectivity index (χ4v) is 3.25. The molecule has 0 spiro atoms. The van der Waals surface area contributed by atoms with E-state index in [4.69, 9.17) is 4.74 Å². The normalized spacial score (nSPS) is 12.8. The molecular formula is C11H14BrNO5S. The van der Waals surface area contributed by atoms with Crippen LogP contribution in [-0.4, -0.2) is 34.6 Å². The van der Waals surface area contributed by atoms with Gasteiger partial charge in [-0.25, -0.2) is 8.42 Å². The molecule has 0 fully saturated rings. The lowest BCUT2D eigenvalue weighted by molar-refractivity contribution is -0.142. The summed E-state index contributed by atoms with van der Waals surface area (Å²) in [6.07, 6.45) is 0. The first-order valence-electron chi connectivity index (χ1n) is 5.25. The summed E-state index contributed by atoms with van der Waals surface area (Å²) in [5, 5.41) is 0. The lowest BCUT2D eigenvalue weighted by Gasteiger charge is -2.13. The minimum Gasteiger partial charge on any atom is -0.496 e. The second-order valence-electron chi connectivity index (χ2n) is 3.66. The van der Waals surface area contributed by atoms with Crippen molar-refractivity contribution in [1.82, 2.24) is 4.72 Å². The van der Waals surface area contributed by atoms with E-state index in [2.05, 4.69) is 25.4 Å². The van der Waals surface area contributed by atoms with Gasteiger partial charge in [0.15, 0.2) is 0 Å². The van der Waals surface area contributed by atoms with Crippen LogP contribution in [0.4, 0.5) is 0 Å². The first kappa shape index (κ1) is 15.9. The number of ether oxygens (including phenoxy) is 2. The molecule has 0 saturated carbocycles. The van der Waals surface area contributed by atoms with E-state index in [1.807, 2.05) is 0 Å². The Labute approximate surface area is 120 Å². The monoisotopic (exact) mass is 351 g/mol. The van der Waals surface area contributed by atoms with Crippen LogP contribution in [0.2, 0.25) is 0 Å². The summed E-state index contributed by atoms with van der Waals surface area (Å²) in [4.78, 5) is 11.2. The van der Waals surface area contributed by atoms with Gasteiger partial charge < -0.3 is 9.47 Å². The summed E-state index contributed by atoms with van der Waals surface area (Å²) >= 11 is 3.20. The number of hydrogen-bond donors (Lipinski definition) is 1. The highest BCUT2D eigenvalue weighted by molar-refractivity contribution is 9.10. The number of benzene rings is 1. The van der Waals surface area contributed by atoms with Crippen LogP contribution in [-0.2, 0) is 19.6 Å². The zero-order valence-corrected chi connectivity index (χ0v) is 13.0. The fraction of sp³-hybridized carbons (Fsp3) is 0.364. The lowest BCUT2D eigenvalue weighted by atomic mass is 10.3. The van der Waals surface area contributed by atoms with Crippen LogP contribution in [0, 0.1) is 0 Å². The average molecular weight is 352 g/mol. The van der Waals surface area contributed by atoms with Crippen molar-refractivity contribution >= 4 is 31.9 Å². The Morgan fingerprint density at radius 1 is 1.37 bits per heavy atom. The first-order valence-corrected chi connectivity index (χ1v) is 7.53. The van der Waals surface area contributed by atoms with Gasteiger partial charge in [-0.05, 0) is 41.1 Å². The van der Waals surface area contributed by atoms with Gasteiger partial charge in [0.2, 0.25) is 10.0 Å². The highest BCUT2D eigenvalue weighted by Crippen LogP contribution is 2.27. The van der Waals surface area contributed by atoms with Crippen LogP contribution < -0.4 is 9.46 Å². The Balaban J connectivity index is 3.01. The van der Waals surface area contributed by atoms with Crippen LogP contribution in [0.25, 0.3) is 0 Å². The Morgan fingerprint density at radius 3 is 2.47 bits per heavy atom. The van der Waals surface area contributed by atoms with E-state index in [9.17, 15) is 13.2 Å². The van der Waals surface area contributed by atoms with Crippen molar-refractivity contribution in [2.75, 3.05) is 14.2 Å². The standard InChI is InChI=1S/C11H14BrNO5S/c1-7(11(14)18-3)13-19(15,16)8-4-5-10(17-2)9(12)6-8/h4-7,13H,1-3H3/t7-/m0/s1. The molecule has 1 atom stereocenters. The van der Waals surface area contributed by atoms with Crippen molar-refractivity contribution in [3.05, 3.63) is 22.7 Å². The van der Waals surface area contributed by atoms with Crippen molar-refractivity contribution in [3.63, 3.8) is 0 Å². The van der Waals surface area contributed by atoms with E-state index in [1.165, 1.54) is 39.3 Å². The molecule has 0 aliphatic heterocycles. The number of nitrogens with one attached hydrogen (secondary N) is 1. The number of carbonyl (C=O) groups excluding carboxylic acids is 1. The molecule has 0 amide bonds. The van der Waals surface area contributed by atoms with E-state index >= 15 is 0 Å². The van der Waals surface area contributed by atoms with Gasteiger partial charge in [-0.3, -0.25) is 4.79 Å². The van der Waals surface area contributed by atoms with Crippen molar-refractivity contribution in [3.8, 4) is 5.75 Å². The number of carbonyl (C=O) groups is 1. The van der Waals surface area contributed by atoms with Gasteiger partial charge >= 0.3 is 5.97 Å². The Hall–Kier alpha value is -1.12. The number of rotatable bonds is 5. The zero-order valence-electron chi connectivity index (χ0n) is 10.6. The maximum atomic E-state index is 12.0. The molecule has 0 saturated heterocycles. The topological polar surface area (TPSA) is 81.7 Å². The minimum atomic E-state index is -3.80. The number of esters is 1. The molecule has 0 aliphatic rings. The number of methoxy groups -OCH3 is 2. The van der Waals surface area contributed by atoms with Gasteiger partial charge in [-0.2, -0.15) is 4.72 Å². The molecule has 0 bridgehead atoms. The van der Waals surface area contributed by atoms with Crippen molar-refractivity contribution in [1.29, 1.82) is 0 Å². The highest BCUT2D eigenvalue weighted by atomic mass is 79.9. The quantitative estimate of drug-likeness (QED) is 0.808. The third kappa shape index (κ3) is 3.92. The highest BCUT2D eigenvalue weighted by Gasteiger charge is 2.23. The molecule has 106 valence electrons. The molecule has 1 aromatic carbocycles. The Morgan fingerprint density at radius 2 is 2.00 bits per heavy atom. The third-order valence-electron chi connectivity index (χ3n) is 2.32. The summed E-state index contributed by atoms with van der Waals surface area (Å²) in [5.74, 6) is -0.142. The van der Waals surface area contributed by atoms with Gasteiger partial charge in [0.25, 0.3) is 0 Å². The second kappa shape index (κ2) is 6.36. The van der Waals surface area contributed by atoms with Crippen LogP contribution in [0.15, 0.2) is 27.6 Å². The molecule has 6 nitrogen and oxygen atoms in total. The Kier molecular flexibility index (Phi) is 5.33. The van der Waals surface area contributed by atoms with Gasteiger partial charge in [-0.15, -0.1) is 0 Å². The van der Waals surface area contributed by atoms with Crippen LogP contribution in [0.5, 0.6) is 5.75 Å². The maximum Gasteiger partial charge on any atom is 0.323 e. The first-order chi connectivity index (χ1) is 8.81. The van der Waals surface area contributed by atoms with Crippen LogP contribution in [0.1, 0.15) is 6.92 Å². The summed E-state index contributed by atoms with van der Waals surface area (Å²) in [6, 6.07) is 3.33. The van der Waals surface area contributed by atoms with E-state index in [-0.39, 0.29) is 4.90 Å². The molecule has 1 rings (SSSR count). The molecule has 0 radical (unpaired) electrons. The van der Waals surface area contributed by atoms with Crippen molar-refractivity contribution in [2.45, 2.75) is 17.9 Å². The zero-order chi connectivity index (χ0) is 14.6. The SMILES string of the molecule is COC(=O)[C@H](C)NS(=O)(=O)c1ccc(OC)c(Br)c1. The van der Waals surface area contributed by atoms with Gasteiger partial charge in [0.05, 0.1) is 23.6 Å². The number of hydrogen-bond acceptors (Lipinski definition) is 5. The van der Waals surface area contributed by atoms with E-state index in [1.54, 1.807) is 0 Å². The van der Waals surface area contributed by atoms with Gasteiger partial charge in [-0.1, -0.05) is 0 Å². The summed E-state index contributed by atoms with van der Waals surface area (Å²) < 4.78 is 36.3. The minimum absolute atomic E-state index is 0.0240. The predicted molar refractivity (Wildman–Crippen MR) is 72.5 cm³/mol. The third-order valence-corrected chi connectivity index (χ3v) is 4.48. The predicted octanol–water partition coefficient (Wildman–Crippen LogP) is 1.30. The number of halogens is 1. The molecule has 0 unspecified atom stereocenters. The molecule has 8 heteroatoms. The van der Waals surface area contributed by atoms with Crippen molar-refractivity contribution < 1.29 is 22.7 Å². The Bertz CT molecular complexity index is 572. The molecule has 1 aromatic rings. The molecule has 0 heterocycles. The molecule has 0 aromatic heterocycles. The fourth-order valence-electron chi connectivity index (χ4n) is 1.34. The van der Waals surface area contributed by atoms with Crippen molar-refractivity contribution in [2.24, 2.45) is 0 Å². The van der Waals surface area contributed by atoms with Crippen LogP contribution in [0.3, 0.4) is 0 Å². The van der Waals surface area contributed by atoms with Gasteiger partial charge in [0, 0.05) is 0 Å². The lowest BCUT2D eigenvalue weighted by Crippen LogP contribution is -2.39. The maximum absolute atomic E-state index is 12.0. The summed E-state index contributed by atoms with van der Waals surface area (Å²) in [5.41, 5.74) is 0.